The van der Waals surface area contributed by atoms with Crippen molar-refractivity contribution in [2.75, 3.05) is 20.8 Å². The van der Waals surface area contributed by atoms with Gasteiger partial charge in [0.25, 0.3) is 5.56 Å². The second-order valence-corrected chi connectivity index (χ2v) is 7.65. The number of H-pyrrole nitrogens is 1. The van der Waals surface area contributed by atoms with Gasteiger partial charge in [0.05, 0.1) is 37.7 Å². The molecule has 0 spiro atoms. The fourth-order valence-electron chi connectivity index (χ4n) is 4.40. The Labute approximate surface area is 179 Å². The van der Waals surface area contributed by atoms with Gasteiger partial charge in [0.1, 0.15) is 5.82 Å². The zero-order valence-electron chi connectivity index (χ0n) is 17.5. The van der Waals surface area contributed by atoms with Gasteiger partial charge in [0, 0.05) is 31.0 Å². The van der Waals surface area contributed by atoms with Gasteiger partial charge in [-0.25, -0.2) is 4.98 Å². The number of hydrogen-bond donors (Lipinski definition) is 1. The fourth-order valence-corrected chi connectivity index (χ4v) is 4.40. The van der Waals surface area contributed by atoms with Gasteiger partial charge in [-0.05, 0) is 23.8 Å². The maximum atomic E-state index is 12.8. The number of benzene rings is 2. The molecule has 1 aliphatic heterocycles. The van der Waals surface area contributed by atoms with Crippen LogP contribution < -0.4 is 15.0 Å². The summed E-state index contributed by atoms with van der Waals surface area (Å²) < 4.78 is 13.0. The Bertz CT molecular complexity index is 1280. The Kier molecular flexibility index (Phi) is 4.95. The van der Waals surface area contributed by atoms with Gasteiger partial charge < -0.3 is 19.0 Å². The summed E-state index contributed by atoms with van der Waals surface area (Å²) in [6, 6.07) is 18.2. The van der Waals surface area contributed by atoms with Crippen LogP contribution in [0.15, 0.2) is 65.6 Å². The largest absolute Gasteiger partial charge is 0.493 e. The van der Waals surface area contributed by atoms with Crippen molar-refractivity contribution in [1.82, 2.24) is 19.4 Å². The molecule has 0 amide bonds. The minimum Gasteiger partial charge on any atom is -0.493 e. The number of aromatic amines is 1. The molecule has 3 heterocycles. The van der Waals surface area contributed by atoms with E-state index >= 15 is 0 Å². The minimum absolute atomic E-state index is 0.0938. The molecule has 7 heteroatoms. The number of nitrogens with zero attached hydrogens (tertiary/aromatic N) is 3. The number of rotatable bonds is 5. The maximum Gasteiger partial charge on any atom is 0.258 e. The fraction of sp³-hybridized carbons (Fsp3) is 0.250. The summed E-state index contributed by atoms with van der Waals surface area (Å²) in [5, 5.41) is 0.480. The van der Waals surface area contributed by atoms with Crippen LogP contribution >= 0.6 is 0 Å². The Hall–Kier alpha value is -3.58. The molecule has 0 radical (unpaired) electrons. The van der Waals surface area contributed by atoms with Gasteiger partial charge in [-0.15, -0.1) is 0 Å². The summed E-state index contributed by atoms with van der Waals surface area (Å²) in [5.41, 5.74) is 2.87. The first-order valence-corrected chi connectivity index (χ1v) is 10.3. The lowest BCUT2D eigenvalue weighted by molar-refractivity contribution is 0.170. The molecular formula is C24H24N4O3. The van der Waals surface area contributed by atoms with E-state index in [1.165, 1.54) is 11.3 Å². The lowest BCUT2D eigenvalue weighted by Gasteiger charge is -2.37. The Morgan fingerprint density at radius 2 is 1.81 bits per heavy atom. The Morgan fingerprint density at radius 3 is 2.58 bits per heavy atom. The smallest absolute Gasteiger partial charge is 0.258 e. The van der Waals surface area contributed by atoms with Crippen molar-refractivity contribution in [2.45, 2.75) is 19.1 Å². The molecule has 7 nitrogen and oxygen atoms in total. The van der Waals surface area contributed by atoms with Crippen molar-refractivity contribution in [3.63, 3.8) is 0 Å². The first-order valence-electron chi connectivity index (χ1n) is 10.3. The van der Waals surface area contributed by atoms with Gasteiger partial charge >= 0.3 is 0 Å². The SMILES string of the molecule is COc1cc2nc(CN3CCn4cccc4C3c3ccccc3)[nH]c(=O)c2cc1OC. The quantitative estimate of drug-likeness (QED) is 0.540. The molecule has 31 heavy (non-hydrogen) atoms. The molecule has 1 aliphatic rings. The molecule has 4 aromatic rings. The standard InChI is InChI=1S/C24H24N4O3/c1-30-20-13-17-18(14-21(20)31-2)25-22(26-24(17)29)15-28-12-11-27-10-6-9-19(27)23(28)16-7-4-3-5-8-16/h3-10,13-14,23H,11-12,15H2,1-2H3,(H,25,26,29). The van der Waals surface area contributed by atoms with Crippen LogP contribution in [0.1, 0.15) is 23.1 Å². The highest BCUT2D eigenvalue weighted by Gasteiger charge is 2.29. The molecule has 1 unspecified atom stereocenters. The highest BCUT2D eigenvalue weighted by molar-refractivity contribution is 5.81. The van der Waals surface area contributed by atoms with Crippen molar-refractivity contribution in [2.24, 2.45) is 0 Å². The monoisotopic (exact) mass is 416 g/mol. The van der Waals surface area contributed by atoms with Gasteiger partial charge in [0.2, 0.25) is 0 Å². The van der Waals surface area contributed by atoms with Gasteiger partial charge in [-0.2, -0.15) is 0 Å². The summed E-state index contributed by atoms with van der Waals surface area (Å²) >= 11 is 0. The van der Waals surface area contributed by atoms with Crippen LogP contribution in [-0.2, 0) is 13.1 Å². The first-order chi connectivity index (χ1) is 15.2. The van der Waals surface area contributed by atoms with E-state index in [1.54, 1.807) is 26.4 Å². The predicted octanol–water partition coefficient (Wildman–Crippen LogP) is 3.35. The molecular weight excluding hydrogens is 392 g/mol. The van der Waals surface area contributed by atoms with E-state index in [0.717, 1.165) is 13.1 Å². The second kappa shape index (κ2) is 7.92. The van der Waals surface area contributed by atoms with Crippen LogP contribution in [0.5, 0.6) is 11.5 Å². The van der Waals surface area contributed by atoms with Crippen molar-refractivity contribution < 1.29 is 9.47 Å². The summed E-state index contributed by atoms with van der Waals surface area (Å²) in [4.78, 5) is 22.9. The van der Waals surface area contributed by atoms with Crippen LogP contribution in [0.4, 0.5) is 0 Å². The van der Waals surface area contributed by atoms with Gasteiger partial charge in [-0.1, -0.05) is 30.3 Å². The lowest BCUT2D eigenvalue weighted by atomic mass is 10.00. The normalized spacial score (nSPS) is 16.3. The predicted molar refractivity (Wildman–Crippen MR) is 119 cm³/mol. The molecule has 5 rings (SSSR count). The maximum absolute atomic E-state index is 12.8. The highest BCUT2D eigenvalue weighted by atomic mass is 16.5. The van der Waals surface area contributed by atoms with Crippen molar-refractivity contribution in [3.05, 3.63) is 88.2 Å². The van der Waals surface area contributed by atoms with Gasteiger partial charge in [0.15, 0.2) is 11.5 Å². The molecule has 2 aromatic heterocycles. The highest BCUT2D eigenvalue weighted by Crippen LogP contribution is 2.33. The third-order valence-corrected chi connectivity index (χ3v) is 5.87. The molecule has 0 bridgehead atoms. The second-order valence-electron chi connectivity index (χ2n) is 7.65. The van der Waals surface area contributed by atoms with E-state index < -0.39 is 0 Å². The number of ether oxygens (including phenoxy) is 2. The zero-order valence-corrected chi connectivity index (χ0v) is 17.5. The number of fused-ring (bicyclic) bond motifs is 2. The van der Waals surface area contributed by atoms with Crippen molar-refractivity contribution in [1.29, 1.82) is 0 Å². The van der Waals surface area contributed by atoms with E-state index in [2.05, 4.69) is 57.0 Å². The van der Waals surface area contributed by atoms with E-state index in [9.17, 15) is 4.79 Å². The van der Waals surface area contributed by atoms with Gasteiger partial charge in [-0.3, -0.25) is 9.69 Å². The van der Waals surface area contributed by atoms with E-state index in [0.29, 0.717) is 34.8 Å². The molecule has 1 N–H and O–H groups in total. The summed E-state index contributed by atoms with van der Waals surface area (Å²) in [6.45, 7) is 2.29. The minimum atomic E-state index is -0.183. The van der Waals surface area contributed by atoms with Crippen LogP contribution in [0.25, 0.3) is 10.9 Å². The molecule has 0 saturated carbocycles. The third-order valence-electron chi connectivity index (χ3n) is 5.87. The zero-order chi connectivity index (χ0) is 21.4. The summed E-state index contributed by atoms with van der Waals surface area (Å²) in [6.07, 6.45) is 2.12. The van der Waals surface area contributed by atoms with E-state index in [4.69, 9.17) is 14.5 Å². The number of aromatic nitrogens is 3. The molecule has 2 aromatic carbocycles. The Balaban J connectivity index is 1.54. The topological polar surface area (TPSA) is 72.4 Å². The average Bonchev–Trinajstić information content (AvgIpc) is 3.27. The lowest BCUT2D eigenvalue weighted by Crippen LogP contribution is -2.38. The molecule has 0 aliphatic carbocycles. The van der Waals surface area contributed by atoms with Crippen LogP contribution in [0, 0.1) is 0 Å². The van der Waals surface area contributed by atoms with Crippen LogP contribution in [0.3, 0.4) is 0 Å². The van der Waals surface area contributed by atoms with Crippen LogP contribution in [0.2, 0.25) is 0 Å². The van der Waals surface area contributed by atoms with Crippen LogP contribution in [-0.4, -0.2) is 40.2 Å². The van der Waals surface area contributed by atoms with E-state index in [-0.39, 0.29) is 11.6 Å². The Morgan fingerprint density at radius 1 is 1.03 bits per heavy atom. The summed E-state index contributed by atoms with van der Waals surface area (Å²) in [7, 11) is 3.13. The molecule has 158 valence electrons. The van der Waals surface area contributed by atoms with Crippen molar-refractivity contribution in [3.8, 4) is 11.5 Å². The number of hydrogen-bond acceptors (Lipinski definition) is 5. The first kappa shape index (κ1) is 19.4. The average molecular weight is 416 g/mol. The third kappa shape index (κ3) is 3.47. The molecule has 0 fully saturated rings. The van der Waals surface area contributed by atoms with E-state index in [1.807, 2.05) is 6.07 Å². The summed E-state index contributed by atoms with van der Waals surface area (Å²) in [5.74, 6) is 1.69. The number of nitrogens with one attached hydrogen (secondary N) is 1. The molecule has 1 atom stereocenters. The van der Waals surface area contributed by atoms with Crippen molar-refractivity contribution >= 4 is 10.9 Å². The molecule has 0 saturated heterocycles. The number of methoxy groups -OCH3 is 2.